The van der Waals surface area contributed by atoms with Gasteiger partial charge in [0.15, 0.2) is 5.65 Å². The summed E-state index contributed by atoms with van der Waals surface area (Å²) in [5.74, 6) is -0.603. The van der Waals surface area contributed by atoms with Gasteiger partial charge in [0.25, 0.3) is 5.91 Å². The summed E-state index contributed by atoms with van der Waals surface area (Å²) in [7, 11) is 0. The Morgan fingerprint density at radius 2 is 1.94 bits per heavy atom. The zero-order valence-electron chi connectivity index (χ0n) is 18.0. The highest BCUT2D eigenvalue weighted by Crippen LogP contribution is 2.38. The van der Waals surface area contributed by atoms with Crippen LogP contribution >= 0.6 is 11.6 Å². The molecule has 34 heavy (non-hydrogen) atoms. The lowest BCUT2D eigenvalue weighted by atomic mass is 10.00. The zero-order chi connectivity index (χ0) is 23.6. The van der Waals surface area contributed by atoms with E-state index in [0.717, 1.165) is 24.1 Å². The molecule has 9 nitrogen and oxygen atoms in total. The number of carbonyl (C=O) groups excluding carboxylic acids is 1. The predicted molar refractivity (Wildman–Crippen MR) is 118 cm³/mol. The molecule has 3 aromatic rings. The van der Waals surface area contributed by atoms with Crippen LogP contribution in [0.3, 0.4) is 0 Å². The molecule has 0 radical (unpaired) electrons. The number of nitrogens with zero attached hydrogens (tertiary/aromatic N) is 5. The van der Waals surface area contributed by atoms with Gasteiger partial charge in [-0.15, -0.1) is 0 Å². The Morgan fingerprint density at radius 3 is 2.68 bits per heavy atom. The van der Waals surface area contributed by atoms with Crippen molar-refractivity contribution in [3.63, 3.8) is 0 Å². The second-order valence-electron chi connectivity index (χ2n) is 9.05. The van der Waals surface area contributed by atoms with Gasteiger partial charge in [0.05, 0.1) is 35.6 Å². The number of aromatic nitrogens is 3. The molecular weight excluding hydrogens is 465 g/mol. The third-order valence-electron chi connectivity index (χ3n) is 6.97. The van der Waals surface area contributed by atoms with Gasteiger partial charge >= 0.3 is 6.09 Å². The van der Waals surface area contributed by atoms with Crippen molar-refractivity contribution >= 4 is 29.2 Å². The van der Waals surface area contributed by atoms with Gasteiger partial charge < -0.3 is 19.6 Å². The van der Waals surface area contributed by atoms with Crippen molar-refractivity contribution in [2.75, 3.05) is 0 Å². The summed E-state index contributed by atoms with van der Waals surface area (Å²) in [5, 5.41) is 14.4. The van der Waals surface area contributed by atoms with E-state index < -0.39 is 11.9 Å². The number of hydrogen-bond donors (Lipinski definition) is 1. The summed E-state index contributed by atoms with van der Waals surface area (Å²) < 4.78 is 21.9. The molecule has 2 fully saturated rings. The molecule has 0 aliphatic carbocycles. The lowest BCUT2D eigenvalue weighted by molar-refractivity contribution is 0.0484. The highest BCUT2D eigenvalue weighted by atomic mass is 35.5. The largest absolute Gasteiger partial charge is 0.489 e. The molecule has 176 valence electrons. The Morgan fingerprint density at radius 1 is 1.18 bits per heavy atom. The van der Waals surface area contributed by atoms with Crippen LogP contribution in [0.15, 0.2) is 30.6 Å². The second kappa shape index (κ2) is 7.83. The summed E-state index contributed by atoms with van der Waals surface area (Å²) in [6.45, 7) is 0.622. The second-order valence-corrected chi connectivity index (χ2v) is 9.49. The van der Waals surface area contributed by atoms with E-state index >= 15 is 0 Å². The average Bonchev–Trinajstić information content (AvgIpc) is 3.42. The molecule has 3 aliphatic rings. The van der Waals surface area contributed by atoms with Crippen LogP contribution in [0.4, 0.5) is 9.18 Å². The summed E-state index contributed by atoms with van der Waals surface area (Å²) in [5.41, 5.74) is 2.51. The Kier molecular flexibility index (Phi) is 4.87. The molecule has 2 aromatic heterocycles. The number of carbonyl (C=O) groups is 2. The van der Waals surface area contributed by atoms with Crippen molar-refractivity contribution in [2.24, 2.45) is 0 Å². The Hall–Kier alpha value is -3.40. The maximum Gasteiger partial charge on any atom is 0.407 e. The number of benzene rings is 1. The zero-order valence-corrected chi connectivity index (χ0v) is 18.8. The Bertz CT molecular complexity index is 1320. The number of ether oxygens (including phenoxy) is 1. The highest BCUT2D eigenvalue weighted by molar-refractivity contribution is 6.30. The minimum atomic E-state index is -0.913. The number of carboxylic acid groups (broad SMARTS) is 1. The van der Waals surface area contributed by atoms with Crippen LogP contribution in [0, 0.1) is 5.82 Å². The number of halogens is 2. The smallest absolute Gasteiger partial charge is 0.407 e. The van der Waals surface area contributed by atoms with E-state index in [9.17, 15) is 19.1 Å². The van der Waals surface area contributed by atoms with Crippen LogP contribution in [0.5, 0.6) is 5.75 Å². The molecule has 3 atom stereocenters. The highest BCUT2D eigenvalue weighted by Gasteiger charge is 2.44. The van der Waals surface area contributed by atoms with Crippen LogP contribution in [-0.4, -0.2) is 59.7 Å². The quantitative estimate of drug-likeness (QED) is 0.606. The van der Waals surface area contributed by atoms with E-state index in [4.69, 9.17) is 16.3 Å². The fourth-order valence-corrected chi connectivity index (χ4v) is 5.66. The minimum absolute atomic E-state index is 0.111. The van der Waals surface area contributed by atoms with Crippen molar-refractivity contribution in [3.8, 4) is 5.75 Å². The van der Waals surface area contributed by atoms with Crippen LogP contribution in [-0.2, 0) is 13.1 Å². The molecular formula is C23H21ClFN5O4. The molecule has 0 saturated carbocycles. The fraction of sp³-hybridized carbons (Fsp3) is 0.391. The normalized spacial score (nSPS) is 23.4. The first-order chi connectivity index (χ1) is 16.4. The summed E-state index contributed by atoms with van der Waals surface area (Å²) in [6, 6.07) is 3.69. The number of hydrogen-bond acceptors (Lipinski definition) is 5. The number of amides is 2. The van der Waals surface area contributed by atoms with Crippen molar-refractivity contribution in [3.05, 3.63) is 58.3 Å². The lowest BCUT2D eigenvalue weighted by Crippen LogP contribution is -2.48. The van der Waals surface area contributed by atoms with Gasteiger partial charge in [-0.05, 0) is 25.0 Å². The summed E-state index contributed by atoms with van der Waals surface area (Å²) in [4.78, 5) is 32.4. The maximum atomic E-state index is 14.1. The van der Waals surface area contributed by atoms with Gasteiger partial charge in [0, 0.05) is 42.8 Å². The van der Waals surface area contributed by atoms with E-state index in [2.05, 4.69) is 10.1 Å². The Labute approximate surface area is 198 Å². The van der Waals surface area contributed by atoms with Gasteiger partial charge in [0.2, 0.25) is 0 Å². The van der Waals surface area contributed by atoms with Crippen LogP contribution < -0.4 is 4.74 Å². The van der Waals surface area contributed by atoms with E-state index in [1.54, 1.807) is 15.6 Å². The fourth-order valence-electron chi connectivity index (χ4n) is 5.52. The maximum absolute atomic E-state index is 14.1. The van der Waals surface area contributed by atoms with Gasteiger partial charge in [-0.25, -0.2) is 18.7 Å². The molecule has 3 aliphatic heterocycles. The Balaban J connectivity index is 1.23. The van der Waals surface area contributed by atoms with E-state index in [0.29, 0.717) is 36.6 Å². The van der Waals surface area contributed by atoms with Gasteiger partial charge in [0.1, 0.15) is 17.7 Å². The van der Waals surface area contributed by atoms with E-state index in [1.807, 2.05) is 0 Å². The average molecular weight is 486 g/mol. The third kappa shape index (κ3) is 3.44. The van der Waals surface area contributed by atoms with Crippen molar-refractivity contribution in [2.45, 2.75) is 57.0 Å². The first-order valence-corrected chi connectivity index (χ1v) is 11.5. The monoisotopic (exact) mass is 485 g/mol. The van der Waals surface area contributed by atoms with Crippen LogP contribution in [0.25, 0.3) is 5.65 Å². The molecule has 6 rings (SSSR count). The molecule has 0 spiro atoms. The number of rotatable bonds is 3. The SMILES string of the molecule is O=C(c1ccc(F)cc1OC1C[C@H]2CC[C@@H](C1)N2C(=O)O)N1Cc2nn3cc(Cl)cnc3c2C1. The summed E-state index contributed by atoms with van der Waals surface area (Å²) in [6.07, 6.45) is 4.64. The lowest BCUT2D eigenvalue weighted by Gasteiger charge is -2.37. The molecule has 1 N–H and O–H groups in total. The first-order valence-electron chi connectivity index (χ1n) is 11.2. The summed E-state index contributed by atoms with van der Waals surface area (Å²) >= 11 is 5.99. The van der Waals surface area contributed by atoms with Crippen molar-refractivity contribution in [1.29, 1.82) is 0 Å². The van der Waals surface area contributed by atoms with Gasteiger partial charge in [-0.3, -0.25) is 4.79 Å². The first kappa shape index (κ1) is 21.2. The minimum Gasteiger partial charge on any atom is -0.489 e. The van der Waals surface area contributed by atoms with Gasteiger partial charge in [-0.1, -0.05) is 11.6 Å². The molecule has 5 heterocycles. The molecule has 11 heteroatoms. The van der Waals surface area contributed by atoms with Crippen molar-refractivity contribution < 1.29 is 23.8 Å². The van der Waals surface area contributed by atoms with Crippen molar-refractivity contribution in [1.82, 2.24) is 24.4 Å². The molecule has 2 bridgehead atoms. The topological polar surface area (TPSA) is 100 Å². The molecule has 2 saturated heterocycles. The number of fused-ring (bicyclic) bond motifs is 5. The molecule has 1 aromatic carbocycles. The van der Waals surface area contributed by atoms with Crippen LogP contribution in [0.2, 0.25) is 5.02 Å². The predicted octanol–water partition coefficient (Wildman–Crippen LogP) is 3.73. The standard InChI is InChI=1S/C23H21ClFN5O4/c24-12-8-26-21-18-10-28(11-19(18)27-29(21)9-12)22(31)17-4-1-13(25)5-20(17)34-16-6-14-2-3-15(7-16)30(14)23(32)33/h1,4-5,8-9,14-16H,2-3,6-7,10-11H2,(H,32,33)/t14-,15+,16?. The third-order valence-corrected chi connectivity index (χ3v) is 7.17. The van der Waals surface area contributed by atoms with E-state index in [1.165, 1.54) is 29.3 Å². The number of piperidine rings is 1. The van der Waals surface area contributed by atoms with Gasteiger partial charge in [-0.2, -0.15) is 5.10 Å². The molecule has 2 amide bonds. The van der Waals surface area contributed by atoms with Crippen LogP contribution in [0.1, 0.15) is 47.3 Å². The molecule has 1 unspecified atom stereocenters. The van der Waals surface area contributed by atoms with E-state index in [-0.39, 0.29) is 35.4 Å².